The average Bonchev–Trinajstić information content (AvgIpc) is 3.02. The monoisotopic (exact) mass is 266 g/mol. The van der Waals surface area contributed by atoms with Crippen LogP contribution >= 0.6 is 0 Å². The van der Waals surface area contributed by atoms with Gasteiger partial charge in [-0.2, -0.15) is 5.10 Å². The predicted octanol–water partition coefficient (Wildman–Crippen LogP) is 1.64. The molecule has 108 valence electrons. The summed E-state index contributed by atoms with van der Waals surface area (Å²) in [4.78, 5) is 4.44. The molecule has 1 saturated heterocycles. The molecule has 0 aromatic carbocycles. The SMILES string of the molecule is CCCNCC1(Cc2ncnn2CCC)CCOC1. The summed E-state index contributed by atoms with van der Waals surface area (Å²) in [7, 11) is 0. The highest BCUT2D eigenvalue weighted by Crippen LogP contribution is 2.31. The van der Waals surface area contributed by atoms with E-state index in [0.717, 1.165) is 57.9 Å². The molecule has 1 fully saturated rings. The molecule has 1 aromatic rings. The van der Waals surface area contributed by atoms with E-state index in [-0.39, 0.29) is 5.41 Å². The zero-order valence-corrected chi connectivity index (χ0v) is 12.2. The summed E-state index contributed by atoms with van der Waals surface area (Å²) in [6.07, 6.45) is 6.01. The van der Waals surface area contributed by atoms with Crippen molar-refractivity contribution in [2.75, 3.05) is 26.3 Å². The Balaban J connectivity index is 2.01. The fourth-order valence-corrected chi connectivity index (χ4v) is 2.68. The van der Waals surface area contributed by atoms with Gasteiger partial charge in [0.25, 0.3) is 0 Å². The van der Waals surface area contributed by atoms with Crippen LogP contribution in [0.1, 0.15) is 38.9 Å². The number of aryl methyl sites for hydroxylation is 1. The van der Waals surface area contributed by atoms with E-state index in [1.54, 1.807) is 6.33 Å². The fraction of sp³-hybridized carbons (Fsp3) is 0.857. The summed E-state index contributed by atoms with van der Waals surface area (Å²) in [6.45, 7) is 9.11. The summed E-state index contributed by atoms with van der Waals surface area (Å²) in [6, 6.07) is 0. The number of rotatable bonds is 8. The highest BCUT2D eigenvalue weighted by atomic mass is 16.5. The van der Waals surface area contributed by atoms with Crippen molar-refractivity contribution in [3.8, 4) is 0 Å². The van der Waals surface area contributed by atoms with Gasteiger partial charge in [0.1, 0.15) is 12.2 Å². The molecule has 5 heteroatoms. The Bertz CT molecular complexity index is 371. The molecule has 5 nitrogen and oxygen atoms in total. The molecule has 1 atom stereocenters. The Kier molecular flexibility index (Phi) is 5.34. The lowest BCUT2D eigenvalue weighted by Gasteiger charge is -2.27. The van der Waals surface area contributed by atoms with Crippen molar-refractivity contribution < 1.29 is 4.74 Å². The van der Waals surface area contributed by atoms with Gasteiger partial charge in [0.15, 0.2) is 0 Å². The third-order valence-electron chi connectivity index (χ3n) is 3.78. The molecular weight excluding hydrogens is 240 g/mol. The maximum Gasteiger partial charge on any atom is 0.138 e. The second kappa shape index (κ2) is 7.01. The lowest BCUT2D eigenvalue weighted by molar-refractivity contribution is 0.147. The van der Waals surface area contributed by atoms with E-state index in [2.05, 4.69) is 29.2 Å². The van der Waals surface area contributed by atoms with E-state index in [9.17, 15) is 0 Å². The van der Waals surface area contributed by atoms with Gasteiger partial charge in [0, 0.05) is 31.5 Å². The van der Waals surface area contributed by atoms with Crippen LogP contribution in [0.2, 0.25) is 0 Å². The number of ether oxygens (including phenoxy) is 1. The van der Waals surface area contributed by atoms with Gasteiger partial charge in [-0.3, -0.25) is 4.68 Å². The molecule has 0 saturated carbocycles. The maximum atomic E-state index is 5.64. The van der Waals surface area contributed by atoms with Gasteiger partial charge in [-0.15, -0.1) is 0 Å². The molecule has 1 aliphatic heterocycles. The average molecular weight is 266 g/mol. The molecule has 1 N–H and O–H groups in total. The summed E-state index contributed by atoms with van der Waals surface area (Å²) < 4.78 is 7.68. The molecule has 0 bridgehead atoms. The van der Waals surface area contributed by atoms with Gasteiger partial charge in [-0.05, 0) is 25.8 Å². The number of nitrogens with zero attached hydrogens (tertiary/aromatic N) is 3. The van der Waals surface area contributed by atoms with E-state index in [1.165, 1.54) is 6.42 Å². The zero-order chi connectivity index (χ0) is 13.6. The Morgan fingerprint density at radius 3 is 3.00 bits per heavy atom. The molecule has 1 aliphatic rings. The lowest BCUT2D eigenvalue weighted by Crippen LogP contribution is -2.38. The normalized spacial score (nSPS) is 23.1. The molecule has 0 spiro atoms. The van der Waals surface area contributed by atoms with Crippen LogP contribution in [0.25, 0.3) is 0 Å². The van der Waals surface area contributed by atoms with Crippen molar-refractivity contribution in [1.82, 2.24) is 20.1 Å². The molecule has 0 radical (unpaired) electrons. The number of nitrogens with one attached hydrogen (secondary N) is 1. The second-order valence-electron chi connectivity index (χ2n) is 5.56. The Hall–Kier alpha value is -0.940. The van der Waals surface area contributed by atoms with E-state index in [1.807, 2.05) is 4.68 Å². The van der Waals surface area contributed by atoms with Gasteiger partial charge >= 0.3 is 0 Å². The van der Waals surface area contributed by atoms with Crippen LogP contribution in [0, 0.1) is 5.41 Å². The molecule has 1 unspecified atom stereocenters. The topological polar surface area (TPSA) is 52.0 Å². The highest BCUT2D eigenvalue weighted by molar-refractivity contribution is 4.97. The van der Waals surface area contributed by atoms with Crippen LogP contribution in [0.4, 0.5) is 0 Å². The quantitative estimate of drug-likeness (QED) is 0.727. The van der Waals surface area contributed by atoms with Crippen LogP contribution in [-0.4, -0.2) is 41.1 Å². The van der Waals surface area contributed by atoms with Crippen LogP contribution in [0.3, 0.4) is 0 Å². The minimum atomic E-state index is 0.202. The number of hydrogen-bond donors (Lipinski definition) is 1. The zero-order valence-electron chi connectivity index (χ0n) is 12.2. The molecule has 0 aliphatic carbocycles. The van der Waals surface area contributed by atoms with Crippen LogP contribution < -0.4 is 5.32 Å². The van der Waals surface area contributed by atoms with E-state index < -0.39 is 0 Å². The van der Waals surface area contributed by atoms with Gasteiger partial charge in [-0.1, -0.05) is 13.8 Å². The first kappa shape index (κ1) is 14.5. The van der Waals surface area contributed by atoms with Crippen molar-refractivity contribution in [2.45, 2.75) is 46.1 Å². The summed E-state index contributed by atoms with van der Waals surface area (Å²) >= 11 is 0. The summed E-state index contributed by atoms with van der Waals surface area (Å²) in [5.41, 5.74) is 0.202. The first-order valence-corrected chi connectivity index (χ1v) is 7.45. The third-order valence-corrected chi connectivity index (χ3v) is 3.78. The first-order valence-electron chi connectivity index (χ1n) is 7.45. The molecule has 2 heterocycles. The summed E-state index contributed by atoms with van der Waals surface area (Å²) in [5, 5.41) is 7.86. The van der Waals surface area contributed by atoms with Gasteiger partial charge in [0.2, 0.25) is 0 Å². The Labute approximate surface area is 115 Å². The van der Waals surface area contributed by atoms with Gasteiger partial charge < -0.3 is 10.1 Å². The largest absolute Gasteiger partial charge is 0.381 e. The fourth-order valence-electron chi connectivity index (χ4n) is 2.68. The van der Waals surface area contributed by atoms with Crippen molar-refractivity contribution in [2.24, 2.45) is 5.41 Å². The van der Waals surface area contributed by atoms with Gasteiger partial charge in [-0.25, -0.2) is 4.98 Å². The minimum absolute atomic E-state index is 0.202. The summed E-state index contributed by atoms with van der Waals surface area (Å²) in [5.74, 6) is 1.10. The van der Waals surface area contributed by atoms with E-state index in [4.69, 9.17) is 4.74 Å². The van der Waals surface area contributed by atoms with Crippen molar-refractivity contribution in [3.05, 3.63) is 12.2 Å². The van der Waals surface area contributed by atoms with Gasteiger partial charge in [0.05, 0.1) is 6.61 Å². The van der Waals surface area contributed by atoms with Crippen molar-refractivity contribution in [1.29, 1.82) is 0 Å². The first-order chi connectivity index (χ1) is 9.29. The van der Waals surface area contributed by atoms with Crippen LogP contribution in [0.5, 0.6) is 0 Å². The van der Waals surface area contributed by atoms with Crippen LogP contribution in [-0.2, 0) is 17.7 Å². The Morgan fingerprint density at radius 1 is 1.42 bits per heavy atom. The molecule has 0 amide bonds. The highest BCUT2D eigenvalue weighted by Gasteiger charge is 2.36. The van der Waals surface area contributed by atoms with E-state index >= 15 is 0 Å². The molecule has 1 aromatic heterocycles. The molecular formula is C14H26N4O. The molecule has 2 rings (SSSR count). The second-order valence-corrected chi connectivity index (χ2v) is 5.56. The van der Waals surface area contributed by atoms with Crippen molar-refractivity contribution >= 4 is 0 Å². The minimum Gasteiger partial charge on any atom is -0.381 e. The number of aromatic nitrogens is 3. The van der Waals surface area contributed by atoms with Crippen molar-refractivity contribution in [3.63, 3.8) is 0 Å². The lowest BCUT2D eigenvalue weighted by atomic mass is 9.83. The predicted molar refractivity (Wildman–Crippen MR) is 75.0 cm³/mol. The standard InChI is InChI=1S/C14H26N4O/c1-3-6-15-10-14(5-8-19-11-14)9-13-16-12-17-18(13)7-4-2/h12,15H,3-11H2,1-2H3. The third kappa shape index (κ3) is 3.76. The van der Waals surface area contributed by atoms with E-state index in [0.29, 0.717) is 0 Å². The number of hydrogen-bond acceptors (Lipinski definition) is 4. The maximum absolute atomic E-state index is 5.64. The molecule has 19 heavy (non-hydrogen) atoms. The Morgan fingerprint density at radius 2 is 2.32 bits per heavy atom. The van der Waals surface area contributed by atoms with Crippen LogP contribution in [0.15, 0.2) is 6.33 Å². The smallest absolute Gasteiger partial charge is 0.138 e.